The number of carbonyl (C=O) groups excluding carboxylic acids is 1. The topological polar surface area (TPSA) is 73.7 Å². The number of carboxylic acid groups (broad SMARTS) is 1. The fourth-order valence-corrected chi connectivity index (χ4v) is 2.73. The molecule has 6 nitrogen and oxygen atoms in total. The minimum Gasteiger partial charge on any atom is -0.480 e. The summed E-state index contributed by atoms with van der Waals surface area (Å²) in [7, 11) is 0. The van der Waals surface area contributed by atoms with Gasteiger partial charge < -0.3 is 10.0 Å². The number of carboxylic acids is 1. The molecule has 1 fully saturated rings. The van der Waals surface area contributed by atoms with Crippen LogP contribution in [0.15, 0.2) is 16.7 Å². The molecular formula is C13H15BrClN3O3. The average Bonchev–Trinajstić information content (AvgIpc) is 2.48. The first-order valence-electron chi connectivity index (χ1n) is 6.47. The van der Waals surface area contributed by atoms with E-state index < -0.39 is 12.0 Å². The van der Waals surface area contributed by atoms with Crippen LogP contribution in [0.1, 0.15) is 17.3 Å². The number of pyridine rings is 1. The van der Waals surface area contributed by atoms with Crippen LogP contribution in [-0.4, -0.2) is 64.0 Å². The second-order valence-corrected chi connectivity index (χ2v) is 6.11. The van der Waals surface area contributed by atoms with Crippen molar-refractivity contribution in [2.24, 2.45) is 0 Å². The quantitative estimate of drug-likeness (QED) is 0.813. The number of halogens is 2. The number of nitrogens with zero attached hydrogens (tertiary/aromatic N) is 3. The van der Waals surface area contributed by atoms with Crippen molar-refractivity contribution >= 4 is 39.4 Å². The van der Waals surface area contributed by atoms with Gasteiger partial charge in [-0.25, -0.2) is 4.98 Å². The molecule has 1 saturated heterocycles. The predicted molar refractivity (Wildman–Crippen MR) is 81.5 cm³/mol. The van der Waals surface area contributed by atoms with Gasteiger partial charge in [-0.15, -0.1) is 0 Å². The van der Waals surface area contributed by atoms with E-state index in [0.717, 1.165) is 0 Å². The van der Waals surface area contributed by atoms with Crippen molar-refractivity contribution in [2.45, 2.75) is 13.0 Å². The van der Waals surface area contributed by atoms with Gasteiger partial charge in [-0.3, -0.25) is 14.5 Å². The number of hydrogen-bond acceptors (Lipinski definition) is 4. The molecule has 8 heteroatoms. The summed E-state index contributed by atoms with van der Waals surface area (Å²) >= 11 is 9.23. The van der Waals surface area contributed by atoms with Crippen molar-refractivity contribution in [3.05, 3.63) is 27.5 Å². The molecule has 1 aliphatic heterocycles. The van der Waals surface area contributed by atoms with E-state index in [-0.39, 0.29) is 11.1 Å². The first-order valence-corrected chi connectivity index (χ1v) is 7.64. The molecule has 0 saturated carbocycles. The third kappa shape index (κ3) is 3.72. The number of rotatable bonds is 3. The molecule has 1 unspecified atom stereocenters. The molecule has 1 atom stereocenters. The van der Waals surface area contributed by atoms with Crippen molar-refractivity contribution in [1.82, 2.24) is 14.8 Å². The van der Waals surface area contributed by atoms with E-state index in [2.05, 4.69) is 20.9 Å². The third-order valence-electron chi connectivity index (χ3n) is 3.54. The Morgan fingerprint density at radius 1 is 1.38 bits per heavy atom. The summed E-state index contributed by atoms with van der Waals surface area (Å²) in [5.41, 5.74) is 0.353. The second-order valence-electron chi connectivity index (χ2n) is 4.83. The lowest BCUT2D eigenvalue weighted by atomic mass is 10.2. The van der Waals surface area contributed by atoms with Crippen LogP contribution >= 0.6 is 27.5 Å². The highest BCUT2D eigenvalue weighted by Gasteiger charge is 2.28. The van der Waals surface area contributed by atoms with E-state index in [1.165, 1.54) is 6.20 Å². The van der Waals surface area contributed by atoms with Crippen molar-refractivity contribution in [3.8, 4) is 0 Å². The van der Waals surface area contributed by atoms with Crippen LogP contribution in [0.3, 0.4) is 0 Å². The highest BCUT2D eigenvalue weighted by Crippen LogP contribution is 2.20. The summed E-state index contributed by atoms with van der Waals surface area (Å²) in [4.78, 5) is 30.8. The van der Waals surface area contributed by atoms with Crippen molar-refractivity contribution < 1.29 is 14.7 Å². The number of amides is 1. The smallest absolute Gasteiger partial charge is 0.320 e. The summed E-state index contributed by atoms with van der Waals surface area (Å²) in [6.07, 6.45) is 1.53. The minimum atomic E-state index is -0.853. The number of carbonyl (C=O) groups is 2. The van der Waals surface area contributed by atoms with Gasteiger partial charge in [-0.1, -0.05) is 11.6 Å². The SMILES string of the molecule is CC(C(=O)O)N1CCN(C(=O)c2cc(Br)cnc2Cl)CC1. The molecule has 2 heterocycles. The van der Waals surface area contributed by atoms with Crippen LogP contribution < -0.4 is 0 Å². The molecule has 1 aromatic heterocycles. The number of piperazine rings is 1. The normalized spacial score (nSPS) is 17.6. The lowest BCUT2D eigenvalue weighted by molar-refractivity contribution is -0.143. The summed E-state index contributed by atoms with van der Waals surface area (Å²) < 4.78 is 0.688. The van der Waals surface area contributed by atoms with Crippen LogP contribution in [0, 0.1) is 0 Å². The molecule has 0 spiro atoms. The van der Waals surface area contributed by atoms with Gasteiger partial charge in [0.15, 0.2) is 0 Å². The van der Waals surface area contributed by atoms with Gasteiger partial charge in [0.05, 0.1) is 5.56 Å². The Hall–Kier alpha value is -1.18. The zero-order chi connectivity index (χ0) is 15.6. The highest BCUT2D eigenvalue weighted by atomic mass is 79.9. The molecule has 2 rings (SSSR count). The Kier molecular flexibility index (Phi) is 5.18. The van der Waals surface area contributed by atoms with E-state index >= 15 is 0 Å². The minimum absolute atomic E-state index is 0.171. The molecule has 1 amide bonds. The zero-order valence-electron chi connectivity index (χ0n) is 11.4. The molecular weight excluding hydrogens is 362 g/mol. The van der Waals surface area contributed by atoms with Gasteiger partial charge in [0.1, 0.15) is 11.2 Å². The average molecular weight is 377 g/mol. The molecule has 1 aromatic rings. The van der Waals surface area contributed by atoms with Gasteiger partial charge >= 0.3 is 5.97 Å². The standard InChI is InChI=1S/C13H15BrClN3O3/c1-8(13(20)21)17-2-4-18(5-3-17)12(19)10-6-9(14)7-16-11(10)15/h6-8H,2-5H2,1H3,(H,20,21). The predicted octanol–water partition coefficient (Wildman–Crippen LogP) is 1.73. The number of aliphatic carboxylic acids is 1. The first kappa shape index (κ1) is 16.2. The highest BCUT2D eigenvalue weighted by molar-refractivity contribution is 9.10. The van der Waals surface area contributed by atoms with E-state index in [0.29, 0.717) is 36.2 Å². The fraction of sp³-hybridized carbons (Fsp3) is 0.462. The fourth-order valence-electron chi connectivity index (χ4n) is 2.21. The molecule has 114 valence electrons. The Labute approximate surface area is 135 Å². The second kappa shape index (κ2) is 6.72. The van der Waals surface area contributed by atoms with E-state index in [9.17, 15) is 9.59 Å². The monoisotopic (exact) mass is 375 g/mol. The maximum atomic E-state index is 12.4. The van der Waals surface area contributed by atoms with E-state index in [1.54, 1.807) is 17.9 Å². The first-order chi connectivity index (χ1) is 9.90. The molecule has 0 aliphatic carbocycles. The Balaban J connectivity index is 2.03. The largest absolute Gasteiger partial charge is 0.480 e. The van der Waals surface area contributed by atoms with E-state index in [1.807, 2.05) is 4.90 Å². The lowest BCUT2D eigenvalue weighted by Gasteiger charge is -2.36. The maximum Gasteiger partial charge on any atom is 0.320 e. The van der Waals surface area contributed by atoms with Crippen LogP contribution in [0.2, 0.25) is 5.15 Å². The van der Waals surface area contributed by atoms with E-state index in [4.69, 9.17) is 16.7 Å². The Morgan fingerprint density at radius 3 is 2.57 bits per heavy atom. The molecule has 0 aromatic carbocycles. The van der Waals surface area contributed by atoms with Gasteiger partial charge in [-0.2, -0.15) is 0 Å². The molecule has 1 N–H and O–H groups in total. The van der Waals surface area contributed by atoms with Crippen LogP contribution in [0.5, 0.6) is 0 Å². The Bertz CT molecular complexity index is 562. The zero-order valence-corrected chi connectivity index (χ0v) is 13.8. The molecule has 21 heavy (non-hydrogen) atoms. The van der Waals surface area contributed by atoms with Crippen LogP contribution in [0.4, 0.5) is 0 Å². The summed E-state index contributed by atoms with van der Waals surface area (Å²) in [6.45, 7) is 3.64. The summed E-state index contributed by atoms with van der Waals surface area (Å²) in [5.74, 6) is -1.04. The van der Waals surface area contributed by atoms with Crippen LogP contribution in [0.25, 0.3) is 0 Å². The number of aromatic nitrogens is 1. The van der Waals surface area contributed by atoms with Gasteiger partial charge in [0.25, 0.3) is 5.91 Å². The van der Waals surface area contributed by atoms with Gasteiger partial charge in [-0.05, 0) is 28.9 Å². The third-order valence-corrected chi connectivity index (χ3v) is 4.28. The van der Waals surface area contributed by atoms with Crippen LogP contribution in [-0.2, 0) is 4.79 Å². The van der Waals surface area contributed by atoms with Crippen molar-refractivity contribution in [3.63, 3.8) is 0 Å². The summed E-state index contributed by atoms with van der Waals surface area (Å²) in [6, 6.07) is 1.10. The molecule has 0 radical (unpaired) electrons. The van der Waals surface area contributed by atoms with Gasteiger partial charge in [0.2, 0.25) is 0 Å². The molecule has 0 bridgehead atoms. The number of hydrogen-bond donors (Lipinski definition) is 1. The maximum absolute atomic E-state index is 12.4. The van der Waals surface area contributed by atoms with Crippen molar-refractivity contribution in [2.75, 3.05) is 26.2 Å². The van der Waals surface area contributed by atoms with Gasteiger partial charge in [0, 0.05) is 36.8 Å². The lowest BCUT2D eigenvalue weighted by Crippen LogP contribution is -2.53. The van der Waals surface area contributed by atoms with Crippen molar-refractivity contribution in [1.29, 1.82) is 0 Å². The molecule has 1 aliphatic rings. The summed E-state index contributed by atoms with van der Waals surface area (Å²) in [5, 5.41) is 9.17. The Morgan fingerprint density at radius 2 is 2.00 bits per heavy atom.